The van der Waals surface area contributed by atoms with Crippen molar-refractivity contribution in [2.45, 2.75) is 33.9 Å². The van der Waals surface area contributed by atoms with E-state index in [1.807, 2.05) is 41.6 Å². The predicted octanol–water partition coefficient (Wildman–Crippen LogP) is 2.05. The first-order valence-electron chi connectivity index (χ1n) is 10.2. The van der Waals surface area contributed by atoms with Gasteiger partial charge in [-0.1, -0.05) is 18.2 Å². The summed E-state index contributed by atoms with van der Waals surface area (Å²) in [6.07, 6.45) is 0. The van der Waals surface area contributed by atoms with Crippen LogP contribution in [0, 0.1) is 13.8 Å². The van der Waals surface area contributed by atoms with Crippen LogP contribution in [0.2, 0.25) is 0 Å². The molecule has 0 unspecified atom stereocenters. The average molecular weight is 393 g/mol. The summed E-state index contributed by atoms with van der Waals surface area (Å²) in [4.78, 5) is 28.9. The summed E-state index contributed by atoms with van der Waals surface area (Å²) in [6, 6.07) is 10.3. The molecule has 1 fully saturated rings. The van der Waals surface area contributed by atoms with Crippen molar-refractivity contribution in [3.63, 3.8) is 0 Å². The zero-order valence-corrected chi connectivity index (χ0v) is 17.2. The summed E-state index contributed by atoms with van der Waals surface area (Å²) in [6.45, 7) is 10.5. The zero-order chi connectivity index (χ0) is 20.5. The van der Waals surface area contributed by atoms with Gasteiger partial charge in [0.25, 0.3) is 10.9 Å². The molecule has 1 aromatic heterocycles. The van der Waals surface area contributed by atoms with Gasteiger partial charge in [-0.05, 0) is 32.9 Å². The molecule has 7 heteroatoms. The van der Waals surface area contributed by atoms with Gasteiger partial charge >= 0.3 is 0 Å². The van der Waals surface area contributed by atoms with E-state index in [1.54, 1.807) is 0 Å². The Morgan fingerprint density at radius 1 is 0.966 bits per heavy atom. The third-order valence-electron chi connectivity index (χ3n) is 5.88. The molecule has 1 N–H and O–H groups in total. The van der Waals surface area contributed by atoms with Gasteiger partial charge in [0, 0.05) is 56.2 Å². The number of aryl methyl sites for hydroxylation is 2. The molecule has 0 amide bonds. The van der Waals surface area contributed by atoms with Crippen LogP contribution in [-0.4, -0.2) is 36.0 Å². The van der Waals surface area contributed by atoms with E-state index in [0.717, 1.165) is 49.7 Å². The Hall–Kier alpha value is -3.09. The van der Waals surface area contributed by atoms with Gasteiger partial charge in [-0.3, -0.25) is 14.3 Å². The second kappa shape index (κ2) is 7.73. The number of nitrogens with one attached hydrogen (secondary N) is 1. The van der Waals surface area contributed by atoms with Crippen LogP contribution >= 0.6 is 0 Å². The van der Waals surface area contributed by atoms with E-state index in [0.29, 0.717) is 17.9 Å². The third kappa shape index (κ3) is 3.41. The quantitative estimate of drug-likeness (QED) is 0.647. The van der Waals surface area contributed by atoms with Crippen LogP contribution in [0.3, 0.4) is 0 Å². The van der Waals surface area contributed by atoms with E-state index in [2.05, 4.69) is 34.4 Å². The predicted molar refractivity (Wildman–Crippen MR) is 117 cm³/mol. The maximum absolute atomic E-state index is 12.3. The summed E-state index contributed by atoms with van der Waals surface area (Å²) in [5.74, 6) is 0. The monoisotopic (exact) mass is 393 g/mol. The standard InChI is InChI=1S/C22H27N5O2/c1-4-27-16(3)18(15(2)24-27)14-23-19-20(22(29)21(19)28)26-12-10-25(11-13-26)17-8-6-5-7-9-17/h5-9,23H,4,10-14H2,1-3H3. The van der Waals surface area contributed by atoms with Gasteiger partial charge in [-0.15, -0.1) is 0 Å². The molecule has 1 saturated heterocycles. The van der Waals surface area contributed by atoms with E-state index in [1.165, 1.54) is 5.69 Å². The highest BCUT2D eigenvalue weighted by Crippen LogP contribution is 2.25. The smallest absolute Gasteiger partial charge is 0.253 e. The number of benzene rings is 1. The summed E-state index contributed by atoms with van der Waals surface area (Å²) in [7, 11) is 0. The van der Waals surface area contributed by atoms with Gasteiger partial charge in [0.1, 0.15) is 11.4 Å². The largest absolute Gasteiger partial charge is 0.376 e. The summed E-state index contributed by atoms with van der Waals surface area (Å²) in [5, 5.41) is 7.75. The molecule has 1 aliphatic heterocycles. The number of aromatic nitrogens is 2. The highest BCUT2D eigenvalue weighted by molar-refractivity contribution is 5.75. The molecule has 0 spiro atoms. The van der Waals surface area contributed by atoms with Crippen LogP contribution in [-0.2, 0) is 13.1 Å². The fraction of sp³-hybridized carbons (Fsp3) is 0.409. The van der Waals surface area contributed by atoms with Gasteiger partial charge in [0.15, 0.2) is 0 Å². The van der Waals surface area contributed by atoms with Crippen molar-refractivity contribution in [3.8, 4) is 0 Å². The first-order valence-corrected chi connectivity index (χ1v) is 10.2. The molecule has 1 aliphatic rings. The first-order chi connectivity index (χ1) is 14.0. The highest BCUT2D eigenvalue weighted by Gasteiger charge is 2.28. The molecule has 0 radical (unpaired) electrons. The fourth-order valence-corrected chi connectivity index (χ4v) is 4.15. The number of rotatable bonds is 6. The van der Waals surface area contributed by atoms with Crippen molar-refractivity contribution in [1.29, 1.82) is 0 Å². The van der Waals surface area contributed by atoms with Gasteiger partial charge in [0.2, 0.25) is 0 Å². The average Bonchev–Trinajstić information content (AvgIpc) is 3.04. The fourth-order valence-electron chi connectivity index (χ4n) is 4.15. The Balaban J connectivity index is 1.46. The number of nitrogens with zero attached hydrogens (tertiary/aromatic N) is 4. The maximum atomic E-state index is 12.3. The molecule has 4 rings (SSSR count). The summed E-state index contributed by atoms with van der Waals surface area (Å²) < 4.78 is 1.96. The molecule has 2 heterocycles. The lowest BCUT2D eigenvalue weighted by molar-refractivity contribution is 0.633. The Bertz CT molecular complexity index is 1070. The Kier molecular flexibility index (Phi) is 5.13. The number of anilines is 3. The summed E-state index contributed by atoms with van der Waals surface area (Å²) >= 11 is 0. The number of para-hydroxylation sites is 1. The van der Waals surface area contributed by atoms with E-state index in [4.69, 9.17) is 0 Å². The minimum Gasteiger partial charge on any atom is -0.376 e. The normalized spacial score (nSPS) is 14.6. The molecule has 0 aliphatic carbocycles. The molecule has 0 bridgehead atoms. The number of hydrogen-bond acceptors (Lipinski definition) is 6. The SMILES string of the molecule is CCn1nc(C)c(CNc2c(N3CCN(c4ccccc4)CC3)c(=O)c2=O)c1C. The molecule has 3 aromatic rings. The van der Waals surface area contributed by atoms with Crippen molar-refractivity contribution in [2.24, 2.45) is 0 Å². The van der Waals surface area contributed by atoms with E-state index in [9.17, 15) is 9.59 Å². The minimum atomic E-state index is -0.413. The lowest BCUT2D eigenvalue weighted by atomic mass is 10.1. The molecule has 7 nitrogen and oxygen atoms in total. The topological polar surface area (TPSA) is 70.5 Å². The first kappa shape index (κ1) is 19.2. The van der Waals surface area contributed by atoms with Crippen molar-refractivity contribution in [3.05, 3.63) is 67.7 Å². The van der Waals surface area contributed by atoms with Crippen LogP contribution in [0.25, 0.3) is 0 Å². The Labute approximate surface area is 170 Å². The van der Waals surface area contributed by atoms with Crippen LogP contribution in [0.15, 0.2) is 39.9 Å². The van der Waals surface area contributed by atoms with Crippen LogP contribution in [0.4, 0.5) is 17.1 Å². The molecule has 152 valence electrons. The molecule has 2 aromatic carbocycles. The maximum Gasteiger partial charge on any atom is 0.253 e. The summed E-state index contributed by atoms with van der Waals surface area (Å²) in [5.41, 5.74) is 4.52. The second-order valence-electron chi connectivity index (χ2n) is 7.51. The third-order valence-corrected chi connectivity index (χ3v) is 5.88. The Morgan fingerprint density at radius 3 is 2.24 bits per heavy atom. The number of piperazine rings is 1. The molecule has 29 heavy (non-hydrogen) atoms. The lowest BCUT2D eigenvalue weighted by Crippen LogP contribution is -2.51. The second-order valence-corrected chi connectivity index (χ2v) is 7.51. The van der Waals surface area contributed by atoms with Gasteiger partial charge in [-0.25, -0.2) is 0 Å². The van der Waals surface area contributed by atoms with Crippen LogP contribution in [0.1, 0.15) is 23.9 Å². The van der Waals surface area contributed by atoms with Crippen LogP contribution in [0.5, 0.6) is 0 Å². The highest BCUT2D eigenvalue weighted by atomic mass is 16.2. The zero-order valence-electron chi connectivity index (χ0n) is 17.2. The molecule has 0 atom stereocenters. The minimum absolute atomic E-state index is 0.377. The van der Waals surface area contributed by atoms with Crippen LogP contribution < -0.4 is 26.0 Å². The molecular formula is C22H27N5O2. The van der Waals surface area contributed by atoms with Crippen molar-refractivity contribution in [2.75, 3.05) is 41.3 Å². The van der Waals surface area contributed by atoms with Crippen molar-refractivity contribution < 1.29 is 0 Å². The lowest BCUT2D eigenvalue weighted by Gasteiger charge is -2.38. The van der Waals surface area contributed by atoms with Gasteiger partial charge in [0.05, 0.1) is 5.69 Å². The van der Waals surface area contributed by atoms with Gasteiger partial charge < -0.3 is 15.1 Å². The van der Waals surface area contributed by atoms with E-state index >= 15 is 0 Å². The molecule has 0 saturated carbocycles. The molecular weight excluding hydrogens is 366 g/mol. The van der Waals surface area contributed by atoms with Gasteiger partial charge in [-0.2, -0.15) is 5.10 Å². The Morgan fingerprint density at radius 2 is 1.62 bits per heavy atom. The van der Waals surface area contributed by atoms with E-state index in [-0.39, 0.29) is 5.43 Å². The van der Waals surface area contributed by atoms with Crippen molar-refractivity contribution >= 4 is 17.1 Å². The number of hydrogen-bond donors (Lipinski definition) is 1. The van der Waals surface area contributed by atoms with Crippen molar-refractivity contribution in [1.82, 2.24) is 9.78 Å². The van der Waals surface area contributed by atoms with E-state index < -0.39 is 5.43 Å².